The Morgan fingerprint density at radius 1 is 0.467 bits per heavy atom. The van der Waals surface area contributed by atoms with Crippen LogP contribution < -0.4 is 53.6 Å². The van der Waals surface area contributed by atoms with Crippen LogP contribution in [0.2, 0.25) is 0 Å². The Balaban J connectivity index is 1.59. The Hall–Kier alpha value is -8.58. The van der Waals surface area contributed by atoms with Crippen molar-refractivity contribution in [2.24, 2.45) is 35.3 Å². The standard InChI is InChI=1S/C65H95N11O14/c1-12-37(9)54(66)62(86)75-55(38(10)13-2)63(87)73-50(30-41-20-24-44(79)25-21-41)61(85)76-56(39(11)77)64(88)72-48(27-35(5)6)59(83)71-51(31-42-32-67-46-17-15-14-16-45(42)46)57(81)68-33-53(80)69-47(26-34(3)4)58(82)70-49(29-40-18-22-43(78)23-19-40)60(84)74-52(65(89)90)28-36(7)8/h14-25,32,34-39,47-52,54-56,67,77-79H,12-13,26-31,33,66H2,1-11H3,(H,68,81)(H,69,80)(H,70,82)(H,71,83)(H,72,88)(H,73,87)(H,74,84)(H,75,86)(H,76,85)(H,89,90)/t37-,38-,39+,47-,48-,49-,50-,51-,52-,54-,55-,56-/m0/s1. The number of nitrogens with one attached hydrogen (secondary N) is 10. The second kappa shape index (κ2) is 35.6. The van der Waals surface area contributed by atoms with Crippen molar-refractivity contribution in [3.05, 3.63) is 95.7 Å². The molecule has 9 amide bonds. The number of carbonyl (C=O) groups is 10. The maximum Gasteiger partial charge on any atom is 0.326 e. The number of carbonyl (C=O) groups excluding carboxylic acids is 9. The smallest absolute Gasteiger partial charge is 0.326 e. The highest BCUT2D eigenvalue weighted by atomic mass is 16.4. The summed E-state index contributed by atoms with van der Waals surface area (Å²) in [6.07, 6.45) is 0.840. The third kappa shape index (κ3) is 23.4. The first-order valence-corrected chi connectivity index (χ1v) is 30.9. The SMILES string of the molecule is CC[C@H](C)[C@H](N)C(=O)N[C@H](C(=O)N[C@@H](Cc1ccc(O)cc1)C(=O)N[C@H](C(=O)N[C@@H](CC(C)C)C(=O)N[C@@H](Cc1c[nH]c2ccccc12)C(=O)NCC(=O)N[C@@H](CC(C)C)C(=O)N[C@@H](Cc1ccc(O)cc1)C(=O)N[C@@H](CC(C)C)C(=O)O)[C@@H](C)O)[C@@H](C)CC. The van der Waals surface area contributed by atoms with E-state index >= 15 is 0 Å². The molecule has 12 atom stereocenters. The van der Waals surface area contributed by atoms with Crippen LogP contribution in [-0.2, 0) is 67.2 Å². The zero-order valence-electron chi connectivity index (χ0n) is 53.5. The number of hydrogen-bond acceptors (Lipinski definition) is 14. The molecule has 0 saturated carbocycles. The van der Waals surface area contributed by atoms with Crippen molar-refractivity contribution in [1.82, 2.24) is 52.8 Å². The van der Waals surface area contributed by atoms with Gasteiger partial charge < -0.3 is 79.0 Å². The van der Waals surface area contributed by atoms with E-state index < -0.39 is 132 Å². The topological polar surface area (TPSA) is 402 Å². The molecular weight excluding hydrogens is 1160 g/mol. The van der Waals surface area contributed by atoms with Crippen molar-refractivity contribution in [3.63, 3.8) is 0 Å². The lowest BCUT2D eigenvalue weighted by molar-refractivity contribution is -0.142. The van der Waals surface area contributed by atoms with Crippen molar-refractivity contribution in [3.8, 4) is 11.5 Å². The highest BCUT2D eigenvalue weighted by Gasteiger charge is 2.37. The highest BCUT2D eigenvalue weighted by Crippen LogP contribution is 2.21. The fourth-order valence-corrected chi connectivity index (χ4v) is 9.98. The van der Waals surface area contributed by atoms with E-state index in [1.54, 1.807) is 79.8 Å². The summed E-state index contributed by atoms with van der Waals surface area (Å²) in [6, 6.07) is 6.99. The van der Waals surface area contributed by atoms with Crippen LogP contribution in [0.3, 0.4) is 0 Å². The molecule has 3 aromatic carbocycles. The number of nitrogens with two attached hydrogens (primary N) is 1. The molecule has 4 rings (SSSR count). The molecule has 0 aliphatic rings. The van der Waals surface area contributed by atoms with Gasteiger partial charge in [0.1, 0.15) is 59.8 Å². The van der Waals surface area contributed by atoms with Crippen molar-refractivity contribution >= 4 is 70.0 Å². The molecule has 16 N–H and O–H groups in total. The minimum absolute atomic E-state index is 0.0142. The van der Waals surface area contributed by atoms with Crippen LogP contribution >= 0.6 is 0 Å². The minimum atomic E-state index is -1.73. The minimum Gasteiger partial charge on any atom is -0.508 e. The summed E-state index contributed by atoms with van der Waals surface area (Å²) in [6.45, 7) is 18.5. The number of carboxylic acids is 1. The Labute approximate surface area is 526 Å². The van der Waals surface area contributed by atoms with Crippen LogP contribution in [0, 0.1) is 29.6 Å². The van der Waals surface area contributed by atoms with Gasteiger partial charge in [-0.05, 0) is 103 Å². The maximum atomic E-state index is 14.6. The van der Waals surface area contributed by atoms with E-state index in [0.717, 1.165) is 5.52 Å². The molecule has 0 radical (unpaired) electrons. The number of aliphatic hydroxyl groups is 1. The number of phenols is 2. The summed E-state index contributed by atoms with van der Waals surface area (Å²) < 4.78 is 0. The Morgan fingerprint density at radius 3 is 1.37 bits per heavy atom. The van der Waals surface area contributed by atoms with Crippen LogP contribution in [0.25, 0.3) is 10.9 Å². The zero-order chi connectivity index (χ0) is 67.1. The van der Waals surface area contributed by atoms with Crippen LogP contribution in [-0.4, -0.2) is 152 Å². The van der Waals surface area contributed by atoms with Gasteiger partial charge in [-0.15, -0.1) is 0 Å². The third-order valence-corrected chi connectivity index (χ3v) is 15.6. The number of rotatable bonds is 36. The fraction of sp³-hybridized carbons (Fsp3) is 0.538. The van der Waals surface area contributed by atoms with Crippen molar-refractivity contribution in [2.75, 3.05) is 6.54 Å². The van der Waals surface area contributed by atoms with Gasteiger partial charge in [0.25, 0.3) is 0 Å². The number of amides is 9. The molecule has 494 valence electrons. The van der Waals surface area contributed by atoms with E-state index in [9.17, 15) is 68.4 Å². The van der Waals surface area contributed by atoms with E-state index in [1.807, 2.05) is 19.9 Å². The lowest BCUT2D eigenvalue weighted by Crippen LogP contribution is -2.62. The fourth-order valence-electron chi connectivity index (χ4n) is 9.98. The quantitative estimate of drug-likeness (QED) is 0.0311. The van der Waals surface area contributed by atoms with E-state index in [0.29, 0.717) is 34.9 Å². The van der Waals surface area contributed by atoms with Gasteiger partial charge in [-0.2, -0.15) is 0 Å². The second-order valence-corrected chi connectivity index (χ2v) is 24.7. The number of carboxylic acid groups (broad SMARTS) is 1. The van der Waals surface area contributed by atoms with Gasteiger partial charge in [-0.1, -0.05) is 125 Å². The number of benzene rings is 3. The zero-order valence-corrected chi connectivity index (χ0v) is 53.5. The molecule has 1 aromatic heterocycles. The number of aromatic nitrogens is 1. The predicted molar refractivity (Wildman–Crippen MR) is 339 cm³/mol. The Kier molecular flexibility index (Phi) is 29.2. The number of fused-ring (bicyclic) bond motifs is 1. The second-order valence-electron chi connectivity index (χ2n) is 24.7. The van der Waals surface area contributed by atoms with E-state index in [1.165, 1.54) is 55.5 Å². The van der Waals surface area contributed by atoms with Crippen LogP contribution in [0.5, 0.6) is 11.5 Å². The maximum absolute atomic E-state index is 14.6. The number of hydrogen-bond donors (Lipinski definition) is 15. The molecule has 0 spiro atoms. The van der Waals surface area contributed by atoms with Gasteiger partial charge in [0.2, 0.25) is 53.2 Å². The number of aromatic amines is 1. The Morgan fingerprint density at radius 2 is 0.878 bits per heavy atom. The summed E-state index contributed by atoms with van der Waals surface area (Å²) in [7, 11) is 0. The van der Waals surface area contributed by atoms with E-state index in [4.69, 9.17) is 5.73 Å². The van der Waals surface area contributed by atoms with Crippen molar-refractivity contribution in [2.45, 2.75) is 188 Å². The van der Waals surface area contributed by atoms with Gasteiger partial charge in [-0.3, -0.25) is 43.2 Å². The number of para-hydroxylation sites is 1. The average molecular weight is 1250 g/mol. The summed E-state index contributed by atoms with van der Waals surface area (Å²) in [5.74, 6) is -9.90. The van der Waals surface area contributed by atoms with Gasteiger partial charge in [0.15, 0.2) is 0 Å². The average Bonchev–Trinajstić information content (AvgIpc) is 4.13. The first-order valence-electron chi connectivity index (χ1n) is 30.9. The lowest BCUT2D eigenvalue weighted by atomic mass is 9.95. The summed E-state index contributed by atoms with van der Waals surface area (Å²) in [5, 5.41) is 65.4. The summed E-state index contributed by atoms with van der Waals surface area (Å²) >= 11 is 0. The number of aliphatic carboxylic acids is 1. The molecule has 25 heteroatoms. The molecule has 1 heterocycles. The molecule has 0 aliphatic heterocycles. The van der Waals surface area contributed by atoms with Crippen LogP contribution in [0.1, 0.15) is 125 Å². The number of aromatic hydroxyl groups is 2. The molecule has 0 saturated heterocycles. The molecule has 0 fully saturated rings. The molecule has 0 unspecified atom stereocenters. The number of aliphatic hydroxyl groups excluding tert-OH is 1. The first kappa shape index (κ1) is 73.9. The van der Waals surface area contributed by atoms with Gasteiger partial charge in [-0.25, -0.2) is 4.79 Å². The van der Waals surface area contributed by atoms with E-state index in [2.05, 4.69) is 52.8 Å². The van der Waals surface area contributed by atoms with Crippen LogP contribution in [0.4, 0.5) is 0 Å². The highest BCUT2D eigenvalue weighted by molar-refractivity contribution is 5.99. The Bertz CT molecular complexity index is 3060. The molecule has 25 nitrogen and oxygen atoms in total. The summed E-state index contributed by atoms with van der Waals surface area (Å²) in [5.41, 5.74) is 8.55. The number of phenolic OH excluding ortho intramolecular Hbond substituents is 2. The molecule has 0 aliphatic carbocycles. The lowest BCUT2D eigenvalue weighted by Gasteiger charge is -2.30. The number of H-pyrrole nitrogens is 1. The summed E-state index contributed by atoms with van der Waals surface area (Å²) in [4.78, 5) is 142. The third-order valence-electron chi connectivity index (χ3n) is 15.6. The van der Waals surface area contributed by atoms with E-state index in [-0.39, 0.29) is 73.7 Å². The van der Waals surface area contributed by atoms with Gasteiger partial charge in [0.05, 0.1) is 18.7 Å². The molecule has 90 heavy (non-hydrogen) atoms. The first-order chi connectivity index (χ1) is 42.4. The van der Waals surface area contributed by atoms with Crippen molar-refractivity contribution in [1.29, 1.82) is 0 Å². The molecule has 4 aromatic rings. The van der Waals surface area contributed by atoms with Gasteiger partial charge in [0, 0.05) is 36.4 Å². The van der Waals surface area contributed by atoms with Crippen molar-refractivity contribution < 1.29 is 68.4 Å². The van der Waals surface area contributed by atoms with Crippen LogP contribution in [0.15, 0.2) is 79.0 Å². The van der Waals surface area contributed by atoms with Gasteiger partial charge >= 0.3 is 5.97 Å². The largest absolute Gasteiger partial charge is 0.508 e. The monoisotopic (exact) mass is 1250 g/mol. The molecule has 0 bridgehead atoms. The predicted octanol–water partition coefficient (Wildman–Crippen LogP) is 2.62. The normalized spacial score (nSPS) is 15.5. The molecular formula is C65H95N11O14.